The Morgan fingerprint density at radius 2 is 1.88 bits per heavy atom. The highest BCUT2D eigenvalue weighted by Gasteiger charge is 2.47. The van der Waals surface area contributed by atoms with Crippen LogP contribution in [0.1, 0.15) is 39.0 Å². The van der Waals surface area contributed by atoms with Crippen LogP contribution in [0.15, 0.2) is 0 Å². The molecular formula is C13H25NO2S. The van der Waals surface area contributed by atoms with Crippen molar-refractivity contribution in [3.63, 3.8) is 0 Å². The standard InChI is InChI=1S/C13H25NO2S/c1-3-5-14-13(4-6-17(2,15)16)12-8-10-7-11(10)9-12/h10-14H,3-9H2,1-2H3. The quantitative estimate of drug-likeness (QED) is 0.759. The van der Waals surface area contributed by atoms with Crippen molar-refractivity contribution in [2.75, 3.05) is 18.6 Å². The first-order valence-electron chi connectivity index (χ1n) is 6.90. The molecule has 3 atom stereocenters. The number of nitrogens with one attached hydrogen (secondary N) is 1. The van der Waals surface area contributed by atoms with Gasteiger partial charge in [0.1, 0.15) is 9.84 Å². The van der Waals surface area contributed by atoms with Crippen LogP contribution in [0, 0.1) is 17.8 Å². The normalized spacial score (nSPS) is 33.4. The van der Waals surface area contributed by atoms with Gasteiger partial charge in [0.15, 0.2) is 0 Å². The second-order valence-corrected chi connectivity index (χ2v) is 8.23. The van der Waals surface area contributed by atoms with Crippen molar-refractivity contribution in [1.82, 2.24) is 5.32 Å². The molecule has 2 aliphatic rings. The van der Waals surface area contributed by atoms with Crippen molar-refractivity contribution in [1.29, 1.82) is 0 Å². The molecule has 2 rings (SSSR count). The monoisotopic (exact) mass is 259 g/mol. The van der Waals surface area contributed by atoms with Gasteiger partial charge in [-0.1, -0.05) is 6.92 Å². The van der Waals surface area contributed by atoms with Crippen LogP contribution in [0.3, 0.4) is 0 Å². The van der Waals surface area contributed by atoms with Crippen molar-refractivity contribution in [3.05, 3.63) is 0 Å². The molecule has 0 bridgehead atoms. The molecular weight excluding hydrogens is 234 g/mol. The van der Waals surface area contributed by atoms with Gasteiger partial charge in [-0.15, -0.1) is 0 Å². The highest BCUT2D eigenvalue weighted by atomic mass is 32.2. The van der Waals surface area contributed by atoms with Crippen LogP contribution in [-0.2, 0) is 9.84 Å². The van der Waals surface area contributed by atoms with Crippen molar-refractivity contribution in [2.45, 2.75) is 45.1 Å². The Hall–Kier alpha value is -0.0900. The molecule has 0 saturated heterocycles. The average Bonchev–Trinajstić information content (AvgIpc) is 2.85. The Morgan fingerprint density at radius 3 is 2.41 bits per heavy atom. The van der Waals surface area contributed by atoms with E-state index in [0.29, 0.717) is 11.8 Å². The topological polar surface area (TPSA) is 46.2 Å². The second-order valence-electron chi connectivity index (χ2n) is 5.97. The van der Waals surface area contributed by atoms with Gasteiger partial charge in [-0.2, -0.15) is 0 Å². The van der Waals surface area contributed by atoms with Gasteiger partial charge in [-0.3, -0.25) is 0 Å². The minimum absolute atomic E-state index is 0.334. The summed E-state index contributed by atoms with van der Waals surface area (Å²) >= 11 is 0. The van der Waals surface area contributed by atoms with Crippen LogP contribution >= 0.6 is 0 Å². The summed E-state index contributed by atoms with van der Waals surface area (Å²) in [5.41, 5.74) is 0. The van der Waals surface area contributed by atoms with Gasteiger partial charge in [0.2, 0.25) is 0 Å². The Kier molecular flexibility index (Phi) is 4.14. The largest absolute Gasteiger partial charge is 0.314 e. The third-order valence-electron chi connectivity index (χ3n) is 4.31. The fourth-order valence-corrected chi connectivity index (χ4v) is 3.95. The van der Waals surface area contributed by atoms with Gasteiger partial charge in [0.05, 0.1) is 5.75 Å². The van der Waals surface area contributed by atoms with Crippen LogP contribution in [-0.4, -0.2) is 33.0 Å². The molecule has 0 spiro atoms. The van der Waals surface area contributed by atoms with Crippen LogP contribution < -0.4 is 5.32 Å². The third-order valence-corrected chi connectivity index (χ3v) is 5.28. The molecule has 2 aliphatic carbocycles. The van der Waals surface area contributed by atoms with Crippen LogP contribution in [0.25, 0.3) is 0 Å². The molecule has 1 N–H and O–H groups in total. The highest BCUT2D eigenvalue weighted by molar-refractivity contribution is 7.90. The van der Waals surface area contributed by atoms with E-state index >= 15 is 0 Å². The highest BCUT2D eigenvalue weighted by Crippen LogP contribution is 2.55. The first kappa shape index (κ1) is 13.3. The minimum atomic E-state index is -2.82. The number of fused-ring (bicyclic) bond motifs is 1. The summed E-state index contributed by atoms with van der Waals surface area (Å²) in [6.45, 7) is 3.17. The Morgan fingerprint density at radius 1 is 1.24 bits per heavy atom. The van der Waals surface area contributed by atoms with E-state index in [9.17, 15) is 8.42 Å². The molecule has 3 unspecified atom stereocenters. The SMILES string of the molecule is CCCNC(CCS(C)(=O)=O)C1CC2CC2C1. The van der Waals surface area contributed by atoms with Gasteiger partial charge in [0.25, 0.3) is 0 Å². The summed E-state index contributed by atoms with van der Waals surface area (Å²) in [4.78, 5) is 0. The van der Waals surface area contributed by atoms with E-state index in [0.717, 1.165) is 37.1 Å². The molecule has 0 aromatic carbocycles. The maximum atomic E-state index is 11.3. The lowest BCUT2D eigenvalue weighted by Crippen LogP contribution is -2.37. The predicted octanol–water partition coefficient (Wildman–Crippen LogP) is 1.84. The Labute approximate surface area is 105 Å². The van der Waals surface area contributed by atoms with Crippen LogP contribution in [0.4, 0.5) is 0 Å². The lowest BCUT2D eigenvalue weighted by atomic mass is 9.92. The first-order valence-corrected chi connectivity index (χ1v) is 8.96. The summed E-state index contributed by atoms with van der Waals surface area (Å²) in [5, 5.41) is 3.56. The molecule has 4 heteroatoms. The average molecular weight is 259 g/mol. The van der Waals surface area contributed by atoms with E-state index in [1.165, 1.54) is 25.5 Å². The zero-order chi connectivity index (χ0) is 12.5. The zero-order valence-corrected chi connectivity index (χ0v) is 11.8. The lowest BCUT2D eigenvalue weighted by molar-refractivity contribution is 0.327. The van der Waals surface area contributed by atoms with E-state index in [4.69, 9.17) is 0 Å². The number of hydrogen-bond donors (Lipinski definition) is 1. The molecule has 100 valence electrons. The molecule has 0 radical (unpaired) electrons. The minimum Gasteiger partial charge on any atom is -0.314 e. The van der Waals surface area contributed by atoms with Crippen molar-refractivity contribution < 1.29 is 8.42 Å². The van der Waals surface area contributed by atoms with E-state index in [1.54, 1.807) is 0 Å². The van der Waals surface area contributed by atoms with E-state index < -0.39 is 9.84 Å². The number of rotatable bonds is 7. The van der Waals surface area contributed by atoms with Crippen LogP contribution in [0.5, 0.6) is 0 Å². The van der Waals surface area contributed by atoms with E-state index in [-0.39, 0.29) is 0 Å². The van der Waals surface area contributed by atoms with Crippen molar-refractivity contribution in [3.8, 4) is 0 Å². The van der Waals surface area contributed by atoms with Gasteiger partial charge >= 0.3 is 0 Å². The van der Waals surface area contributed by atoms with E-state index in [2.05, 4.69) is 12.2 Å². The molecule has 2 saturated carbocycles. The van der Waals surface area contributed by atoms with Gasteiger partial charge in [-0.05, 0) is 56.4 Å². The van der Waals surface area contributed by atoms with Gasteiger partial charge in [0, 0.05) is 12.3 Å². The Bertz CT molecular complexity index is 342. The van der Waals surface area contributed by atoms with Crippen molar-refractivity contribution >= 4 is 9.84 Å². The summed E-state index contributed by atoms with van der Waals surface area (Å²) in [7, 11) is -2.82. The predicted molar refractivity (Wildman–Crippen MR) is 70.7 cm³/mol. The van der Waals surface area contributed by atoms with E-state index in [1.807, 2.05) is 0 Å². The summed E-state index contributed by atoms with van der Waals surface area (Å²) in [6.07, 6.45) is 7.35. The first-order chi connectivity index (χ1) is 7.99. The molecule has 17 heavy (non-hydrogen) atoms. The Balaban J connectivity index is 1.83. The fraction of sp³-hybridized carbons (Fsp3) is 1.00. The summed E-state index contributed by atoms with van der Waals surface area (Å²) < 4.78 is 22.5. The summed E-state index contributed by atoms with van der Waals surface area (Å²) in [6, 6.07) is 0.428. The van der Waals surface area contributed by atoms with Gasteiger partial charge in [-0.25, -0.2) is 8.42 Å². The molecule has 0 heterocycles. The van der Waals surface area contributed by atoms with Crippen molar-refractivity contribution in [2.24, 2.45) is 17.8 Å². The molecule has 2 fully saturated rings. The van der Waals surface area contributed by atoms with Crippen LogP contribution in [0.2, 0.25) is 0 Å². The third kappa shape index (κ3) is 3.95. The number of sulfone groups is 1. The maximum Gasteiger partial charge on any atom is 0.147 e. The fourth-order valence-electron chi connectivity index (χ4n) is 3.27. The summed E-state index contributed by atoms with van der Waals surface area (Å²) in [5.74, 6) is 3.01. The molecule has 0 aromatic heterocycles. The molecule has 0 aliphatic heterocycles. The zero-order valence-electron chi connectivity index (χ0n) is 11.0. The maximum absolute atomic E-state index is 11.3. The second kappa shape index (κ2) is 5.27. The smallest absolute Gasteiger partial charge is 0.147 e. The number of hydrogen-bond acceptors (Lipinski definition) is 3. The van der Waals surface area contributed by atoms with Gasteiger partial charge < -0.3 is 5.32 Å². The molecule has 3 nitrogen and oxygen atoms in total. The lowest BCUT2D eigenvalue weighted by Gasteiger charge is -2.25. The molecule has 0 aromatic rings. The molecule has 0 amide bonds.